The Kier molecular flexibility index (Phi) is 18.1. The van der Waals surface area contributed by atoms with Crippen LogP contribution in [0.5, 0.6) is 0 Å². The summed E-state index contributed by atoms with van der Waals surface area (Å²) in [4.78, 5) is 111. The Morgan fingerprint density at radius 3 is 1.21 bits per heavy atom. The van der Waals surface area contributed by atoms with E-state index in [9.17, 15) is 58.8 Å². The molecule has 0 radical (unpaired) electrons. The highest BCUT2D eigenvalue weighted by molar-refractivity contribution is 5.96. The van der Waals surface area contributed by atoms with Crippen LogP contribution in [0.2, 0.25) is 0 Å². The Morgan fingerprint density at radius 1 is 0.521 bits per heavy atom. The smallest absolute Gasteiger partial charge is 0.243 e. The van der Waals surface area contributed by atoms with Gasteiger partial charge in [-0.05, 0) is 38.5 Å². The number of nitrogens with one attached hydrogen (secondary N) is 6. The highest BCUT2D eigenvalue weighted by Crippen LogP contribution is 2.08. The molecule has 0 bridgehead atoms. The first-order valence-corrected chi connectivity index (χ1v) is 15.1. The molecule has 1 heterocycles. The van der Waals surface area contributed by atoms with Crippen LogP contribution in [0.3, 0.4) is 0 Å². The number of amides is 9. The van der Waals surface area contributed by atoms with Gasteiger partial charge in [-0.1, -0.05) is 0 Å². The fourth-order valence-corrected chi connectivity index (χ4v) is 4.16. The molecule has 1 aliphatic heterocycles. The summed E-state index contributed by atoms with van der Waals surface area (Å²) in [5.74, 6) is -7.58. The second-order valence-corrected chi connectivity index (χ2v) is 10.8. The second kappa shape index (κ2) is 21.1. The van der Waals surface area contributed by atoms with E-state index in [1.807, 2.05) is 0 Å². The lowest BCUT2D eigenvalue weighted by Gasteiger charge is -2.30. The van der Waals surface area contributed by atoms with Crippen LogP contribution < -0.4 is 31.9 Å². The third kappa shape index (κ3) is 16.1. The normalized spacial score (nSPS) is 20.0. The highest BCUT2D eigenvalue weighted by Gasteiger charge is 2.30. The van der Waals surface area contributed by atoms with Crippen molar-refractivity contribution >= 4 is 53.2 Å². The number of carbonyl (C=O) groups excluding carboxylic acids is 9. The van der Waals surface area contributed by atoms with E-state index in [1.54, 1.807) is 0 Å². The van der Waals surface area contributed by atoms with E-state index in [2.05, 4.69) is 31.9 Å². The van der Waals surface area contributed by atoms with Crippen molar-refractivity contribution in [3.63, 3.8) is 0 Å². The zero-order valence-electron chi connectivity index (χ0n) is 27.0. The Labute approximate surface area is 275 Å². The maximum Gasteiger partial charge on any atom is 0.243 e. The molecule has 1 fully saturated rings. The molecule has 1 rings (SSSR count). The first kappa shape index (κ1) is 41.1. The van der Waals surface area contributed by atoms with Crippen LogP contribution in [0.25, 0.3) is 0 Å². The molecule has 270 valence electrons. The van der Waals surface area contributed by atoms with Gasteiger partial charge in [0, 0.05) is 40.4 Å². The van der Waals surface area contributed by atoms with Crippen molar-refractivity contribution in [1.29, 1.82) is 0 Å². The standard InChI is InChI=1S/C27H42N9O12/c1-16(37)34(46)10-4-7-19-25(43)30-14-23(41)28-13-22(40)29-15-24(42)31-20(8-5-11-35(47)17(2)38)26(44)33-21(27(45)32-19)9-6-12-36(48)18(3)39/h19-21H,4-15H2,1-3H3,(H,28,41)(H,29,40)(H,30,43)(H,31,42)(H,32,45)(H,33,44)/q-3. The summed E-state index contributed by atoms with van der Waals surface area (Å²) in [6.45, 7) is 0.246. The number of rotatable bonds is 12. The first-order valence-electron chi connectivity index (χ1n) is 15.1. The minimum atomic E-state index is -1.46. The van der Waals surface area contributed by atoms with Crippen LogP contribution in [0.4, 0.5) is 0 Å². The van der Waals surface area contributed by atoms with Crippen molar-refractivity contribution in [2.24, 2.45) is 0 Å². The van der Waals surface area contributed by atoms with Crippen molar-refractivity contribution in [1.82, 2.24) is 47.1 Å². The van der Waals surface area contributed by atoms with Gasteiger partial charge in [-0.25, -0.2) is 0 Å². The zero-order valence-corrected chi connectivity index (χ0v) is 27.0. The molecule has 1 saturated heterocycles. The summed E-state index contributed by atoms with van der Waals surface area (Å²) < 4.78 is 0. The quantitative estimate of drug-likeness (QED) is 0.108. The van der Waals surface area contributed by atoms with Crippen LogP contribution in [-0.2, 0) is 43.2 Å². The average Bonchev–Trinajstić information content (AvgIpc) is 3.02. The SMILES string of the molecule is CC(=O)N([O-])CCCC1NC(=O)CNC(=O)CNC(=O)CNC(=O)C(CCCN([O-])C(C)=O)NC(=O)C(CCCN([O-])C(C)=O)NC1=O. The number of hydrogen-bond donors (Lipinski definition) is 6. The summed E-state index contributed by atoms with van der Waals surface area (Å²) in [6.07, 6.45) is -0.885. The summed E-state index contributed by atoms with van der Waals surface area (Å²) in [5.41, 5.74) is 0. The van der Waals surface area contributed by atoms with E-state index in [0.717, 1.165) is 20.8 Å². The third-order valence-electron chi connectivity index (χ3n) is 6.85. The van der Waals surface area contributed by atoms with Crippen LogP contribution >= 0.6 is 0 Å². The molecule has 9 amide bonds. The number of hydrogen-bond acceptors (Lipinski definition) is 12. The lowest BCUT2D eigenvalue weighted by atomic mass is 10.1. The van der Waals surface area contributed by atoms with Gasteiger partial charge in [0.2, 0.25) is 53.2 Å². The largest absolute Gasteiger partial charge is 0.756 e. The average molecular weight is 685 g/mol. The monoisotopic (exact) mass is 684 g/mol. The minimum absolute atomic E-state index is 0.0697. The Morgan fingerprint density at radius 2 is 0.833 bits per heavy atom. The van der Waals surface area contributed by atoms with Crippen molar-refractivity contribution in [2.45, 2.75) is 77.4 Å². The number of hydroxylamine groups is 6. The van der Waals surface area contributed by atoms with Gasteiger partial charge in [-0.3, -0.25) is 43.2 Å². The molecule has 1 aliphatic rings. The van der Waals surface area contributed by atoms with Gasteiger partial charge in [0.15, 0.2) is 0 Å². The Hall–Kier alpha value is -4.89. The molecule has 0 aromatic heterocycles. The summed E-state index contributed by atoms with van der Waals surface area (Å²) in [7, 11) is 0. The molecule has 21 nitrogen and oxygen atoms in total. The fraction of sp³-hybridized carbons (Fsp3) is 0.667. The van der Waals surface area contributed by atoms with Gasteiger partial charge in [0.1, 0.15) is 18.1 Å². The van der Waals surface area contributed by atoms with Crippen LogP contribution in [0.15, 0.2) is 0 Å². The zero-order chi connectivity index (χ0) is 36.4. The van der Waals surface area contributed by atoms with Crippen LogP contribution in [0.1, 0.15) is 59.3 Å². The summed E-state index contributed by atoms with van der Waals surface area (Å²) in [5, 5.41) is 49.6. The minimum Gasteiger partial charge on any atom is -0.756 e. The summed E-state index contributed by atoms with van der Waals surface area (Å²) in [6, 6.07) is -4.26. The maximum atomic E-state index is 13.5. The number of carbonyl (C=O) groups is 9. The van der Waals surface area contributed by atoms with E-state index in [4.69, 9.17) is 0 Å². The lowest BCUT2D eigenvalue weighted by Crippen LogP contribution is -2.58. The number of nitrogens with zero attached hydrogens (tertiary/aromatic N) is 3. The van der Waals surface area contributed by atoms with Crippen molar-refractivity contribution in [2.75, 3.05) is 39.3 Å². The topological polar surface area (TPSA) is 305 Å². The Bertz CT molecular complexity index is 1180. The molecule has 6 N–H and O–H groups in total. The molecule has 0 aromatic carbocycles. The molecule has 21 heteroatoms. The molecule has 0 saturated carbocycles. The predicted octanol–water partition coefficient (Wildman–Crippen LogP) is -3.82. The summed E-state index contributed by atoms with van der Waals surface area (Å²) >= 11 is 0. The third-order valence-corrected chi connectivity index (χ3v) is 6.85. The maximum absolute atomic E-state index is 13.5. The van der Waals surface area contributed by atoms with Gasteiger partial charge in [-0.2, -0.15) is 0 Å². The van der Waals surface area contributed by atoms with Crippen LogP contribution in [-0.4, -0.2) is 126 Å². The van der Waals surface area contributed by atoms with E-state index in [0.29, 0.717) is 0 Å². The molecular formula is C27H42N9O12-3. The molecule has 0 aliphatic carbocycles. The van der Waals surface area contributed by atoms with E-state index in [1.165, 1.54) is 0 Å². The van der Waals surface area contributed by atoms with Gasteiger partial charge >= 0.3 is 0 Å². The van der Waals surface area contributed by atoms with E-state index < -0.39 is 90.9 Å². The van der Waals surface area contributed by atoms with Crippen molar-refractivity contribution in [3.05, 3.63) is 15.6 Å². The Balaban J connectivity index is 3.36. The molecule has 3 atom stereocenters. The molecule has 3 unspecified atom stereocenters. The molecule has 0 aromatic rings. The van der Waals surface area contributed by atoms with Gasteiger partial charge in [0.05, 0.1) is 19.6 Å². The van der Waals surface area contributed by atoms with E-state index >= 15 is 0 Å². The van der Waals surface area contributed by atoms with Crippen LogP contribution in [0, 0.1) is 15.6 Å². The predicted molar refractivity (Wildman–Crippen MR) is 165 cm³/mol. The molecule has 0 spiro atoms. The lowest BCUT2D eigenvalue weighted by molar-refractivity contribution is -0.134. The van der Waals surface area contributed by atoms with Gasteiger partial charge in [-0.15, -0.1) is 0 Å². The van der Waals surface area contributed by atoms with Crippen molar-refractivity contribution < 1.29 is 43.2 Å². The molecule has 48 heavy (non-hydrogen) atoms. The molecular weight excluding hydrogens is 642 g/mol. The highest BCUT2D eigenvalue weighted by atomic mass is 16.5. The van der Waals surface area contributed by atoms with Gasteiger partial charge in [0.25, 0.3) is 0 Å². The van der Waals surface area contributed by atoms with Gasteiger partial charge < -0.3 is 62.7 Å². The van der Waals surface area contributed by atoms with E-state index in [-0.39, 0.29) is 73.3 Å². The first-order chi connectivity index (χ1) is 22.5. The second-order valence-electron chi connectivity index (χ2n) is 10.8. The fourth-order valence-electron chi connectivity index (χ4n) is 4.16. The van der Waals surface area contributed by atoms with Crippen molar-refractivity contribution in [3.8, 4) is 0 Å².